The van der Waals surface area contributed by atoms with Gasteiger partial charge in [-0.1, -0.05) is 42.5 Å². The fourth-order valence-corrected chi connectivity index (χ4v) is 2.28. The number of carbonyl (C=O) groups is 2. The third-order valence-corrected chi connectivity index (χ3v) is 3.83. The van der Waals surface area contributed by atoms with Crippen LogP contribution < -0.4 is 10.6 Å². The molecule has 5 heteroatoms. The van der Waals surface area contributed by atoms with Crippen molar-refractivity contribution in [2.24, 2.45) is 0 Å². The molecular formula is C20H22N2O3. The molecule has 0 heterocycles. The van der Waals surface area contributed by atoms with Crippen LogP contribution in [0.25, 0.3) is 6.08 Å². The van der Waals surface area contributed by atoms with Crippen molar-refractivity contribution in [3.8, 4) is 0 Å². The fourth-order valence-electron chi connectivity index (χ4n) is 2.28. The molecule has 25 heavy (non-hydrogen) atoms. The highest BCUT2D eigenvalue weighted by molar-refractivity contribution is 5.94. The van der Waals surface area contributed by atoms with E-state index in [9.17, 15) is 14.7 Å². The second-order valence-electron chi connectivity index (χ2n) is 5.89. The Morgan fingerprint density at radius 3 is 2.32 bits per heavy atom. The van der Waals surface area contributed by atoms with Crippen molar-refractivity contribution in [3.63, 3.8) is 0 Å². The molecule has 0 saturated heterocycles. The van der Waals surface area contributed by atoms with Crippen LogP contribution in [0.15, 0.2) is 60.7 Å². The topological polar surface area (TPSA) is 78.4 Å². The van der Waals surface area contributed by atoms with Crippen LogP contribution in [0.3, 0.4) is 0 Å². The second-order valence-corrected chi connectivity index (χ2v) is 5.89. The largest absolute Gasteiger partial charge is 0.384 e. The molecule has 2 aromatic rings. The van der Waals surface area contributed by atoms with Crippen LogP contribution in [0.4, 0.5) is 0 Å². The SMILES string of the molecule is CNC(=O)c1ccc(C=CC(=O)NCC(C)(O)c2ccccc2)cc1. The maximum absolute atomic E-state index is 11.9. The van der Waals surface area contributed by atoms with E-state index in [0.717, 1.165) is 11.1 Å². The Bertz CT molecular complexity index is 750. The van der Waals surface area contributed by atoms with E-state index >= 15 is 0 Å². The van der Waals surface area contributed by atoms with Gasteiger partial charge in [0.1, 0.15) is 5.60 Å². The highest BCUT2D eigenvalue weighted by atomic mass is 16.3. The van der Waals surface area contributed by atoms with Gasteiger partial charge in [0, 0.05) is 18.7 Å². The molecule has 0 radical (unpaired) electrons. The van der Waals surface area contributed by atoms with E-state index < -0.39 is 5.60 Å². The van der Waals surface area contributed by atoms with Gasteiger partial charge in [0.15, 0.2) is 0 Å². The highest BCUT2D eigenvalue weighted by Gasteiger charge is 2.22. The Balaban J connectivity index is 1.91. The standard InChI is InChI=1S/C20H22N2O3/c1-20(25,17-6-4-3-5-7-17)14-22-18(23)13-10-15-8-11-16(12-9-15)19(24)21-2/h3-13,25H,14H2,1-2H3,(H,21,24)(H,22,23). The Morgan fingerprint density at radius 2 is 1.72 bits per heavy atom. The monoisotopic (exact) mass is 338 g/mol. The van der Waals surface area contributed by atoms with Crippen LogP contribution in [0.2, 0.25) is 0 Å². The molecule has 2 aromatic carbocycles. The molecular weight excluding hydrogens is 316 g/mol. The zero-order chi connectivity index (χ0) is 18.3. The summed E-state index contributed by atoms with van der Waals surface area (Å²) in [5, 5.41) is 15.7. The molecule has 0 saturated carbocycles. The van der Waals surface area contributed by atoms with Gasteiger partial charge < -0.3 is 15.7 Å². The first-order chi connectivity index (χ1) is 11.9. The third-order valence-electron chi connectivity index (χ3n) is 3.83. The van der Waals surface area contributed by atoms with E-state index in [1.165, 1.54) is 6.08 Å². The third kappa shape index (κ3) is 5.29. The molecule has 0 bridgehead atoms. The Hall–Kier alpha value is -2.92. The number of aliphatic hydroxyl groups is 1. The van der Waals surface area contributed by atoms with Gasteiger partial charge in [0.05, 0.1) is 6.54 Å². The molecule has 0 aliphatic heterocycles. The van der Waals surface area contributed by atoms with Crippen molar-refractivity contribution in [3.05, 3.63) is 77.4 Å². The van der Waals surface area contributed by atoms with Gasteiger partial charge in [0.2, 0.25) is 5.91 Å². The zero-order valence-corrected chi connectivity index (χ0v) is 14.3. The van der Waals surface area contributed by atoms with Gasteiger partial charge in [-0.2, -0.15) is 0 Å². The Labute approximate surface area is 147 Å². The van der Waals surface area contributed by atoms with E-state index in [4.69, 9.17) is 0 Å². The number of amides is 2. The summed E-state index contributed by atoms with van der Waals surface area (Å²) >= 11 is 0. The molecule has 0 aliphatic carbocycles. The van der Waals surface area contributed by atoms with Crippen molar-refractivity contribution < 1.29 is 14.7 Å². The van der Waals surface area contributed by atoms with Crippen LogP contribution in [-0.4, -0.2) is 30.5 Å². The van der Waals surface area contributed by atoms with Crippen molar-refractivity contribution in [1.29, 1.82) is 0 Å². The lowest BCUT2D eigenvalue weighted by molar-refractivity contribution is -0.117. The normalized spacial score (nSPS) is 13.2. The van der Waals surface area contributed by atoms with Gasteiger partial charge >= 0.3 is 0 Å². The first-order valence-electron chi connectivity index (χ1n) is 7.98. The predicted molar refractivity (Wildman–Crippen MR) is 97.9 cm³/mol. The van der Waals surface area contributed by atoms with E-state index in [1.54, 1.807) is 44.3 Å². The average Bonchev–Trinajstić information content (AvgIpc) is 2.65. The lowest BCUT2D eigenvalue weighted by atomic mass is 9.96. The van der Waals surface area contributed by atoms with Crippen molar-refractivity contribution in [1.82, 2.24) is 10.6 Å². The quantitative estimate of drug-likeness (QED) is 0.706. The van der Waals surface area contributed by atoms with Crippen LogP contribution in [0, 0.1) is 0 Å². The minimum atomic E-state index is -1.14. The van der Waals surface area contributed by atoms with Crippen LogP contribution in [0.5, 0.6) is 0 Å². The molecule has 0 spiro atoms. The van der Waals surface area contributed by atoms with E-state index in [0.29, 0.717) is 5.56 Å². The summed E-state index contributed by atoms with van der Waals surface area (Å²) in [5.74, 6) is -0.456. The highest BCUT2D eigenvalue weighted by Crippen LogP contribution is 2.18. The number of rotatable bonds is 6. The minimum absolute atomic E-state index is 0.107. The summed E-state index contributed by atoms with van der Waals surface area (Å²) in [6.07, 6.45) is 3.05. The van der Waals surface area contributed by atoms with E-state index in [1.807, 2.05) is 30.3 Å². The molecule has 2 amide bonds. The van der Waals surface area contributed by atoms with E-state index in [2.05, 4.69) is 10.6 Å². The maximum Gasteiger partial charge on any atom is 0.251 e. The summed E-state index contributed by atoms with van der Waals surface area (Å²) in [4.78, 5) is 23.4. The molecule has 3 N–H and O–H groups in total. The summed E-state index contributed by atoms with van der Waals surface area (Å²) in [6.45, 7) is 1.76. The molecule has 0 aromatic heterocycles. The lowest BCUT2D eigenvalue weighted by Gasteiger charge is -2.23. The number of hydrogen-bond acceptors (Lipinski definition) is 3. The van der Waals surface area contributed by atoms with Crippen molar-refractivity contribution >= 4 is 17.9 Å². The lowest BCUT2D eigenvalue weighted by Crippen LogP contribution is -2.37. The van der Waals surface area contributed by atoms with Gasteiger partial charge in [-0.25, -0.2) is 0 Å². The van der Waals surface area contributed by atoms with Crippen molar-refractivity contribution in [2.75, 3.05) is 13.6 Å². The summed E-state index contributed by atoms with van der Waals surface area (Å²) in [5.41, 5.74) is 0.963. The number of benzene rings is 2. The first kappa shape index (κ1) is 18.4. The summed E-state index contributed by atoms with van der Waals surface area (Å²) in [7, 11) is 1.57. The molecule has 130 valence electrons. The van der Waals surface area contributed by atoms with Crippen LogP contribution in [0.1, 0.15) is 28.4 Å². The van der Waals surface area contributed by atoms with Gasteiger partial charge in [-0.05, 0) is 36.3 Å². The number of nitrogens with one attached hydrogen (secondary N) is 2. The summed E-state index contributed by atoms with van der Waals surface area (Å²) < 4.78 is 0. The molecule has 0 aliphatic rings. The molecule has 5 nitrogen and oxygen atoms in total. The number of hydrogen-bond donors (Lipinski definition) is 3. The number of carbonyl (C=O) groups excluding carboxylic acids is 2. The van der Waals surface area contributed by atoms with Crippen LogP contribution in [-0.2, 0) is 10.4 Å². The van der Waals surface area contributed by atoms with Gasteiger partial charge in [0.25, 0.3) is 5.91 Å². The Morgan fingerprint density at radius 1 is 1.08 bits per heavy atom. The second kappa shape index (κ2) is 8.26. The smallest absolute Gasteiger partial charge is 0.251 e. The zero-order valence-electron chi connectivity index (χ0n) is 14.3. The van der Waals surface area contributed by atoms with Crippen molar-refractivity contribution in [2.45, 2.75) is 12.5 Å². The van der Waals surface area contributed by atoms with Gasteiger partial charge in [-0.15, -0.1) is 0 Å². The average molecular weight is 338 g/mol. The molecule has 1 unspecified atom stereocenters. The Kier molecular flexibility index (Phi) is 6.08. The first-order valence-corrected chi connectivity index (χ1v) is 7.98. The van der Waals surface area contributed by atoms with Crippen LogP contribution >= 0.6 is 0 Å². The molecule has 2 rings (SSSR count). The van der Waals surface area contributed by atoms with Gasteiger partial charge in [-0.3, -0.25) is 9.59 Å². The fraction of sp³-hybridized carbons (Fsp3) is 0.200. The predicted octanol–water partition coefficient (Wildman–Crippen LogP) is 2.08. The molecule has 1 atom stereocenters. The van der Waals surface area contributed by atoms with E-state index in [-0.39, 0.29) is 18.4 Å². The minimum Gasteiger partial charge on any atom is -0.384 e. The molecule has 0 fully saturated rings. The maximum atomic E-state index is 11.9. The summed E-state index contributed by atoms with van der Waals surface area (Å²) in [6, 6.07) is 16.1.